The molecule has 0 spiro atoms. The summed E-state index contributed by atoms with van der Waals surface area (Å²) in [5.74, 6) is 0.245. The summed E-state index contributed by atoms with van der Waals surface area (Å²) in [6.07, 6.45) is 0. The first-order chi connectivity index (χ1) is 13.9. The number of hydrogen-bond acceptors (Lipinski definition) is 7. The van der Waals surface area contributed by atoms with E-state index in [4.69, 9.17) is 38.5 Å². The zero-order valence-corrected chi connectivity index (χ0v) is 18.2. The number of benzene rings is 1. The summed E-state index contributed by atoms with van der Waals surface area (Å²) in [4.78, 5) is 19.3. The van der Waals surface area contributed by atoms with Crippen molar-refractivity contribution in [3.63, 3.8) is 0 Å². The van der Waals surface area contributed by atoms with Crippen LogP contribution in [0.1, 0.15) is 32.0 Å². The zero-order valence-electron chi connectivity index (χ0n) is 16.7. The van der Waals surface area contributed by atoms with Gasteiger partial charge in [-0.2, -0.15) is 0 Å². The fourth-order valence-corrected chi connectivity index (χ4v) is 2.56. The summed E-state index contributed by atoms with van der Waals surface area (Å²) in [6, 6.07) is 5.22. The normalized spacial score (nSPS) is 10.1. The second kappa shape index (κ2) is 13.2. The second-order valence-electron chi connectivity index (χ2n) is 5.63. The molecule has 5 N–H and O–H groups in total. The van der Waals surface area contributed by atoms with Crippen LogP contribution in [0.5, 0.6) is 0 Å². The smallest absolute Gasteiger partial charge is 0.276 e. The molecule has 1 heterocycles. The molecule has 2 rings (SSSR count). The van der Waals surface area contributed by atoms with E-state index in [1.807, 2.05) is 19.9 Å². The highest BCUT2D eigenvalue weighted by molar-refractivity contribution is 6.42. The molecule has 0 aliphatic rings. The number of aromatic nitrogens is 2. The van der Waals surface area contributed by atoms with E-state index in [0.717, 1.165) is 5.56 Å². The molecular formula is C19H27Cl2N5O3. The van der Waals surface area contributed by atoms with Crippen molar-refractivity contribution in [3.8, 4) is 0 Å². The van der Waals surface area contributed by atoms with Gasteiger partial charge in [0.25, 0.3) is 5.56 Å². The number of aliphatic hydroxyl groups is 1. The summed E-state index contributed by atoms with van der Waals surface area (Å²) >= 11 is 11.9. The maximum absolute atomic E-state index is 12.4. The lowest BCUT2D eigenvalue weighted by molar-refractivity contribution is 0.0992. The predicted octanol–water partition coefficient (Wildman–Crippen LogP) is 3.52. The van der Waals surface area contributed by atoms with Crippen molar-refractivity contribution in [1.82, 2.24) is 9.97 Å². The van der Waals surface area contributed by atoms with Crippen molar-refractivity contribution < 1.29 is 9.84 Å². The van der Waals surface area contributed by atoms with Crippen LogP contribution in [-0.4, -0.2) is 47.2 Å². The van der Waals surface area contributed by atoms with Gasteiger partial charge in [0.15, 0.2) is 0 Å². The number of ether oxygens (including phenoxy) is 1. The van der Waals surface area contributed by atoms with Gasteiger partial charge in [0.1, 0.15) is 11.4 Å². The van der Waals surface area contributed by atoms with Gasteiger partial charge >= 0.3 is 0 Å². The van der Waals surface area contributed by atoms with Crippen molar-refractivity contribution >= 4 is 40.5 Å². The fraction of sp³-hybridized carbons (Fsp3) is 0.421. The van der Waals surface area contributed by atoms with Gasteiger partial charge in [-0.05, 0) is 24.6 Å². The van der Waals surface area contributed by atoms with Crippen molar-refractivity contribution in [2.45, 2.75) is 27.3 Å². The number of halogens is 2. The van der Waals surface area contributed by atoms with E-state index >= 15 is 0 Å². The molecule has 0 amide bonds. The Hall–Kier alpha value is -2.13. The Kier molecular flexibility index (Phi) is 11.3. The number of anilines is 2. The summed E-state index contributed by atoms with van der Waals surface area (Å²) in [5, 5.41) is 23.4. The quantitative estimate of drug-likeness (QED) is 0.282. The van der Waals surface area contributed by atoms with Gasteiger partial charge in [-0.1, -0.05) is 43.1 Å². The summed E-state index contributed by atoms with van der Waals surface area (Å²) in [6.45, 7) is 6.75. The van der Waals surface area contributed by atoms with E-state index in [-0.39, 0.29) is 36.3 Å². The average molecular weight is 444 g/mol. The first-order valence-corrected chi connectivity index (χ1v) is 9.98. The van der Waals surface area contributed by atoms with Gasteiger partial charge in [0.2, 0.25) is 5.95 Å². The van der Waals surface area contributed by atoms with E-state index in [9.17, 15) is 4.79 Å². The van der Waals surface area contributed by atoms with Gasteiger partial charge in [-0.15, -0.1) is 0 Å². The van der Waals surface area contributed by atoms with Crippen LogP contribution < -0.4 is 16.2 Å². The Morgan fingerprint density at radius 2 is 1.97 bits per heavy atom. The minimum atomic E-state index is -0.398. The fourth-order valence-electron chi connectivity index (χ4n) is 2.24. The minimum absolute atomic E-state index is 0.0633. The molecule has 0 saturated heterocycles. The largest absolute Gasteiger partial charge is 0.394 e. The maximum atomic E-state index is 12.4. The average Bonchev–Trinajstić information content (AvgIpc) is 2.71. The van der Waals surface area contributed by atoms with Crippen LogP contribution in [0.3, 0.4) is 0 Å². The third-order valence-corrected chi connectivity index (χ3v) is 4.24. The standard InChI is InChI=1S/C17H21Cl2N5O3.C2H6/c1-10(20)14-15(21-4-6-27-7-5-25)16(26)24-17(23-14)22-9-11-2-3-12(18)13(19)8-11;1-2/h2-3,8,20-21,25H,4-7,9H2,1H3,(H2,22,23,24,26);1-2H3. The molecule has 0 unspecified atom stereocenters. The van der Waals surface area contributed by atoms with Gasteiger partial charge < -0.3 is 25.9 Å². The third-order valence-electron chi connectivity index (χ3n) is 3.50. The molecule has 10 heteroatoms. The van der Waals surface area contributed by atoms with E-state index in [2.05, 4.69) is 20.6 Å². The number of aromatic amines is 1. The predicted molar refractivity (Wildman–Crippen MR) is 119 cm³/mol. The van der Waals surface area contributed by atoms with Crippen molar-refractivity contribution in [2.75, 3.05) is 37.0 Å². The molecule has 0 fully saturated rings. The number of nitrogens with zero attached hydrogens (tertiary/aromatic N) is 1. The van der Waals surface area contributed by atoms with Gasteiger partial charge in [0.05, 0.1) is 35.6 Å². The Bertz CT molecular complexity index is 858. The van der Waals surface area contributed by atoms with Crippen molar-refractivity contribution in [2.24, 2.45) is 0 Å². The SMILES string of the molecule is CC.CC(=N)c1nc(NCc2ccc(Cl)c(Cl)c2)[nH]c(=O)c1NCCOCCO. The number of hydrogen-bond donors (Lipinski definition) is 5. The van der Waals surface area contributed by atoms with Gasteiger partial charge in [0, 0.05) is 13.1 Å². The number of aliphatic hydroxyl groups excluding tert-OH is 1. The molecule has 2 aromatic rings. The van der Waals surface area contributed by atoms with Crippen molar-refractivity contribution in [3.05, 3.63) is 49.9 Å². The molecule has 0 aliphatic carbocycles. The molecule has 0 radical (unpaired) electrons. The van der Waals surface area contributed by atoms with Gasteiger partial charge in [-0.25, -0.2) is 4.98 Å². The topological polar surface area (TPSA) is 123 Å². The Labute approximate surface area is 180 Å². The highest BCUT2D eigenvalue weighted by atomic mass is 35.5. The number of nitrogens with one attached hydrogen (secondary N) is 4. The molecule has 1 aromatic heterocycles. The molecule has 29 heavy (non-hydrogen) atoms. The van der Waals surface area contributed by atoms with E-state index in [1.54, 1.807) is 19.1 Å². The molecule has 1 aromatic carbocycles. The monoisotopic (exact) mass is 443 g/mol. The Morgan fingerprint density at radius 3 is 2.59 bits per heavy atom. The molecule has 160 valence electrons. The molecule has 0 saturated carbocycles. The summed E-state index contributed by atoms with van der Waals surface area (Å²) < 4.78 is 5.14. The summed E-state index contributed by atoms with van der Waals surface area (Å²) in [5.41, 5.74) is 1.07. The lowest BCUT2D eigenvalue weighted by Gasteiger charge is -2.13. The first kappa shape index (κ1) is 24.9. The summed E-state index contributed by atoms with van der Waals surface area (Å²) in [7, 11) is 0. The van der Waals surface area contributed by atoms with Crippen LogP contribution in [0.25, 0.3) is 0 Å². The first-order valence-electron chi connectivity index (χ1n) is 9.22. The maximum Gasteiger partial charge on any atom is 0.276 e. The van der Waals surface area contributed by atoms with Crippen LogP contribution in [0, 0.1) is 5.41 Å². The van der Waals surface area contributed by atoms with E-state index in [0.29, 0.717) is 29.7 Å². The number of rotatable bonds is 10. The molecule has 8 nitrogen and oxygen atoms in total. The number of H-pyrrole nitrogens is 1. The highest BCUT2D eigenvalue weighted by Crippen LogP contribution is 2.22. The third kappa shape index (κ3) is 8.02. The lowest BCUT2D eigenvalue weighted by Crippen LogP contribution is -2.24. The Balaban J connectivity index is 0.00000204. The van der Waals surface area contributed by atoms with Crippen LogP contribution in [0.2, 0.25) is 10.0 Å². The minimum Gasteiger partial charge on any atom is -0.394 e. The van der Waals surface area contributed by atoms with Crippen LogP contribution in [-0.2, 0) is 11.3 Å². The molecule has 0 atom stereocenters. The van der Waals surface area contributed by atoms with Gasteiger partial charge in [-0.3, -0.25) is 9.78 Å². The Morgan fingerprint density at radius 1 is 1.24 bits per heavy atom. The van der Waals surface area contributed by atoms with Crippen LogP contribution in [0.15, 0.2) is 23.0 Å². The molecule has 0 bridgehead atoms. The van der Waals surface area contributed by atoms with Crippen molar-refractivity contribution in [1.29, 1.82) is 5.41 Å². The van der Waals surface area contributed by atoms with Crippen LogP contribution >= 0.6 is 23.2 Å². The highest BCUT2D eigenvalue weighted by Gasteiger charge is 2.13. The van der Waals surface area contributed by atoms with E-state index in [1.165, 1.54) is 0 Å². The van der Waals surface area contributed by atoms with E-state index < -0.39 is 5.56 Å². The zero-order chi connectivity index (χ0) is 21.8. The van der Waals surface area contributed by atoms with Crippen LogP contribution in [0.4, 0.5) is 11.6 Å². The molecule has 0 aliphatic heterocycles. The lowest BCUT2D eigenvalue weighted by atomic mass is 10.2. The second-order valence-corrected chi connectivity index (χ2v) is 6.44. The molecular weight excluding hydrogens is 417 g/mol.